The maximum Gasteiger partial charge on any atom is 0.126 e. The summed E-state index contributed by atoms with van der Waals surface area (Å²) >= 11 is 0. The normalized spacial score (nSPS) is 11.1. The van der Waals surface area contributed by atoms with Crippen LogP contribution in [-0.4, -0.2) is 28.6 Å². The minimum absolute atomic E-state index is 0.566. The molecule has 1 aromatic heterocycles. The first-order valence-electron chi connectivity index (χ1n) is 6.71. The van der Waals surface area contributed by atoms with E-state index >= 15 is 0 Å². The van der Waals surface area contributed by atoms with E-state index in [2.05, 4.69) is 15.6 Å². The summed E-state index contributed by atoms with van der Waals surface area (Å²) in [5.74, 6) is 0.890. The maximum absolute atomic E-state index is 5.81. The number of para-hydroxylation sites is 1. The molecule has 106 valence electrons. The molecule has 1 N–H and O–H groups in total. The van der Waals surface area contributed by atoms with Crippen molar-refractivity contribution in [1.29, 1.82) is 0 Å². The van der Waals surface area contributed by atoms with Crippen molar-refractivity contribution in [3.63, 3.8) is 0 Å². The summed E-state index contributed by atoms with van der Waals surface area (Å²) in [4.78, 5) is 0. The highest BCUT2D eigenvalue weighted by molar-refractivity contribution is 5.56. The molecule has 0 saturated heterocycles. The molecule has 0 fully saturated rings. The predicted molar refractivity (Wildman–Crippen MR) is 79.4 cm³/mol. The van der Waals surface area contributed by atoms with Crippen molar-refractivity contribution >= 4 is 6.08 Å². The van der Waals surface area contributed by atoms with Gasteiger partial charge in [0, 0.05) is 18.3 Å². The average molecular weight is 272 g/mol. The van der Waals surface area contributed by atoms with Crippen molar-refractivity contribution in [3.05, 3.63) is 47.8 Å². The Hall–Kier alpha value is -2.14. The van der Waals surface area contributed by atoms with Crippen LogP contribution in [0.25, 0.3) is 6.08 Å². The largest absolute Gasteiger partial charge is 0.491 e. The Kier molecular flexibility index (Phi) is 5.32. The second kappa shape index (κ2) is 7.45. The van der Waals surface area contributed by atoms with Crippen LogP contribution in [0.1, 0.15) is 18.2 Å². The molecule has 0 saturated carbocycles. The van der Waals surface area contributed by atoms with Crippen LogP contribution in [0.4, 0.5) is 0 Å². The first-order valence-corrected chi connectivity index (χ1v) is 6.71. The molecule has 0 amide bonds. The number of hydrogen-bond donors (Lipinski definition) is 1. The van der Waals surface area contributed by atoms with E-state index in [1.54, 1.807) is 4.68 Å². The SMILES string of the molecule is CC=Cc1ccccc1OCCn1cc(CNC)nn1. The third-order valence-electron chi connectivity index (χ3n) is 2.79. The monoisotopic (exact) mass is 272 g/mol. The number of allylic oxidation sites excluding steroid dienone is 1. The molecule has 5 nitrogen and oxygen atoms in total. The summed E-state index contributed by atoms with van der Waals surface area (Å²) in [5.41, 5.74) is 2.02. The molecule has 0 aliphatic carbocycles. The second-order valence-electron chi connectivity index (χ2n) is 4.39. The van der Waals surface area contributed by atoms with Gasteiger partial charge in [0.2, 0.25) is 0 Å². The highest BCUT2D eigenvalue weighted by atomic mass is 16.5. The van der Waals surface area contributed by atoms with E-state index in [1.165, 1.54) is 0 Å². The number of hydrogen-bond acceptors (Lipinski definition) is 4. The van der Waals surface area contributed by atoms with Crippen LogP contribution in [0.3, 0.4) is 0 Å². The van der Waals surface area contributed by atoms with Gasteiger partial charge in [-0.25, -0.2) is 4.68 Å². The molecule has 0 aliphatic heterocycles. The summed E-state index contributed by atoms with van der Waals surface area (Å²) in [6.07, 6.45) is 5.97. The molecule has 0 aliphatic rings. The molecule has 2 rings (SSSR count). The molecular formula is C15H20N4O. The van der Waals surface area contributed by atoms with Gasteiger partial charge in [-0.2, -0.15) is 0 Å². The molecule has 0 atom stereocenters. The van der Waals surface area contributed by atoms with Gasteiger partial charge in [0.15, 0.2) is 0 Å². The van der Waals surface area contributed by atoms with Gasteiger partial charge < -0.3 is 10.1 Å². The molecule has 1 heterocycles. The van der Waals surface area contributed by atoms with Crippen LogP contribution in [0, 0.1) is 0 Å². The minimum Gasteiger partial charge on any atom is -0.491 e. The molecule has 1 aromatic carbocycles. The smallest absolute Gasteiger partial charge is 0.126 e. The second-order valence-corrected chi connectivity index (χ2v) is 4.39. The van der Waals surface area contributed by atoms with Crippen LogP contribution in [0.15, 0.2) is 36.5 Å². The Morgan fingerprint density at radius 2 is 2.20 bits per heavy atom. The lowest BCUT2D eigenvalue weighted by Crippen LogP contribution is -2.09. The molecular weight excluding hydrogens is 252 g/mol. The van der Waals surface area contributed by atoms with Gasteiger partial charge in [0.25, 0.3) is 0 Å². The summed E-state index contributed by atoms with van der Waals surface area (Å²) in [6.45, 7) is 3.97. The zero-order valence-electron chi connectivity index (χ0n) is 11.9. The Morgan fingerprint density at radius 1 is 1.35 bits per heavy atom. The molecule has 5 heteroatoms. The van der Waals surface area contributed by atoms with Crippen LogP contribution in [-0.2, 0) is 13.1 Å². The molecule has 2 aromatic rings. The van der Waals surface area contributed by atoms with Gasteiger partial charge in [0.05, 0.1) is 12.2 Å². The Balaban J connectivity index is 1.89. The third-order valence-corrected chi connectivity index (χ3v) is 2.79. The lowest BCUT2D eigenvalue weighted by atomic mass is 10.2. The predicted octanol–water partition coefficient (Wildman–Crippen LogP) is 2.11. The van der Waals surface area contributed by atoms with Crippen LogP contribution < -0.4 is 10.1 Å². The van der Waals surface area contributed by atoms with Crippen molar-refractivity contribution < 1.29 is 4.74 Å². The van der Waals surface area contributed by atoms with E-state index in [9.17, 15) is 0 Å². The third kappa shape index (κ3) is 3.93. The summed E-state index contributed by atoms with van der Waals surface area (Å²) in [6, 6.07) is 7.99. The van der Waals surface area contributed by atoms with Crippen molar-refractivity contribution in [3.8, 4) is 5.75 Å². The fourth-order valence-corrected chi connectivity index (χ4v) is 1.89. The van der Waals surface area contributed by atoms with E-state index in [4.69, 9.17) is 4.74 Å². The number of ether oxygens (including phenoxy) is 1. The van der Waals surface area contributed by atoms with Gasteiger partial charge in [-0.3, -0.25) is 0 Å². The summed E-state index contributed by atoms with van der Waals surface area (Å²) in [7, 11) is 1.89. The zero-order valence-corrected chi connectivity index (χ0v) is 11.9. The van der Waals surface area contributed by atoms with Crippen molar-refractivity contribution in [2.75, 3.05) is 13.7 Å². The van der Waals surface area contributed by atoms with Crippen LogP contribution >= 0.6 is 0 Å². The van der Waals surface area contributed by atoms with E-state index in [0.29, 0.717) is 13.2 Å². The van der Waals surface area contributed by atoms with Crippen LogP contribution in [0.5, 0.6) is 5.75 Å². The molecule has 0 bridgehead atoms. The molecule has 0 unspecified atom stereocenters. The topological polar surface area (TPSA) is 52.0 Å². The summed E-state index contributed by atoms with van der Waals surface area (Å²) < 4.78 is 7.60. The fraction of sp³-hybridized carbons (Fsp3) is 0.333. The van der Waals surface area contributed by atoms with Crippen LogP contribution in [0.2, 0.25) is 0 Å². The van der Waals surface area contributed by atoms with Gasteiger partial charge >= 0.3 is 0 Å². The highest BCUT2D eigenvalue weighted by Crippen LogP contribution is 2.19. The number of benzene rings is 1. The Bertz CT molecular complexity index is 563. The van der Waals surface area contributed by atoms with Gasteiger partial charge in [-0.05, 0) is 20.0 Å². The Labute approximate surface area is 119 Å². The van der Waals surface area contributed by atoms with Crippen molar-refractivity contribution in [2.24, 2.45) is 0 Å². The quantitative estimate of drug-likeness (QED) is 0.838. The Morgan fingerprint density at radius 3 is 3.00 bits per heavy atom. The van der Waals surface area contributed by atoms with E-state index in [0.717, 1.165) is 23.6 Å². The van der Waals surface area contributed by atoms with Crippen molar-refractivity contribution in [2.45, 2.75) is 20.0 Å². The van der Waals surface area contributed by atoms with Gasteiger partial charge in [-0.1, -0.05) is 35.6 Å². The fourth-order valence-electron chi connectivity index (χ4n) is 1.89. The molecule has 20 heavy (non-hydrogen) atoms. The van der Waals surface area contributed by atoms with Gasteiger partial charge in [0.1, 0.15) is 12.4 Å². The van der Waals surface area contributed by atoms with E-state index in [1.807, 2.05) is 56.6 Å². The van der Waals surface area contributed by atoms with Gasteiger partial charge in [-0.15, -0.1) is 5.10 Å². The first kappa shape index (κ1) is 14.3. The number of rotatable bonds is 7. The van der Waals surface area contributed by atoms with E-state index in [-0.39, 0.29) is 0 Å². The zero-order chi connectivity index (χ0) is 14.2. The lowest BCUT2D eigenvalue weighted by Gasteiger charge is -2.08. The first-order chi connectivity index (χ1) is 9.83. The standard InChI is InChI=1S/C15H20N4O/c1-3-6-13-7-4-5-8-15(13)20-10-9-19-12-14(11-16-2)17-18-19/h3-8,12,16H,9-11H2,1-2H3. The van der Waals surface area contributed by atoms with Crippen molar-refractivity contribution in [1.82, 2.24) is 20.3 Å². The average Bonchev–Trinajstić information content (AvgIpc) is 2.89. The highest BCUT2D eigenvalue weighted by Gasteiger charge is 2.02. The number of aromatic nitrogens is 3. The number of nitrogens with zero attached hydrogens (tertiary/aromatic N) is 3. The maximum atomic E-state index is 5.81. The molecule has 0 radical (unpaired) electrons. The summed E-state index contributed by atoms with van der Waals surface area (Å²) in [5, 5.41) is 11.2. The lowest BCUT2D eigenvalue weighted by molar-refractivity contribution is 0.289. The molecule has 0 spiro atoms. The number of nitrogens with one attached hydrogen (secondary N) is 1. The van der Waals surface area contributed by atoms with E-state index < -0.39 is 0 Å². The minimum atomic E-state index is 0.566.